The first-order valence-corrected chi connectivity index (χ1v) is 15.3. The molecule has 158 valence electrons. The van der Waals surface area contributed by atoms with Gasteiger partial charge in [0.05, 0.1) is 8.07 Å². The van der Waals surface area contributed by atoms with Crippen LogP contribution in [0.4, 0.5) is 0 Å². The van der Waals surface area contributed by atoms with Gasteiger partial charge in [-0.1, -0.05) is 97.0 Å². The van der Waals surface area contributed by atoms with Crippen LogP contribution in [0.5, 0.6) is 0 Å². The summed E-state index contributed by atoms with van der Waals surface area (Å²) in [6.45, 7) is 5.12. The quantitative estimate of drug-likeness (QED) is 0.261. The molecule has 0 atom stereocenters. The predicted molar refractivity (Wildman–Crippen MR) is 140 cm³/mol. The van der Waals surface area contributed by atoms with Crippen molar-refractivity contribution in [2.24, 2.45) is 0 Å². The fraction of sp³-hybridized carbons (Fsp3) is 0.172. The van der Waals surface area contributed by atoms with Gasteiger partial charge in [-0.3, -0.25) is 0 Å². The Morgan fingerprint density at radius 2 is 1.03 bits per heavy atom. The molecule has 4 aromatic rings. The minimum Gasteiger partial charge on any atom is -0.0843 e. The minimum atomic E-state index is -1.80. The lowest BCUT2D eigenvalue weighted by Gasteiger charge is -2.34. The molecule has 6 rings (SSSR count). The summed E-state index contributed by atoms with van der Waals surface area (Å²) in [5.74, 6) is 0.332. The van der Waals surface area contributed by atoms with E-state index in [1.54, 1.807) is 0 Å². The molecule has 0 saturated carbocycles. The third-order valence-electron chi connectivity index (χ3n) is 7.41. The molecule has 0 aromatic heterocycles. The molecule has 0 N–H and O–H groups in total. The van der Waals surface area contributed by atoms with E-state index in [1.807, 2.05) is 12.1 Å². The second-order valence-corrected chi connectivity index (χ2v) is 15.7. The maximum absolute atomic E-state index is 6.48. The molecular weight excluding hydrogens is 447 g/mol. The summed E-state index contributed by atoms with van der Waals surface area (Å²) in [6.07, 6.45) is 0. The molecule has 32 heavy (non-hydrogen) atoms. The van der Waals surface area contributed by atoms with Crippen molar-refractivity contribution in [2.75, 3.05) is 0 Å². The maximum atomic E-state index is 6.48. The van der Waals surface area contributed by atoms with Crippen LogP contribution in [0.15, 0.2) is 84.9 Å². The summed E-state index contributed by atoms with van der Waals surface area (Å²) in [5, 5.41) is 1.62. The number of halogens is 2. The lowest BCUT2D eigenvalue weighted by atomic mass is 9.99. The van der Waals surface area contributed by atoms with Gasteiger partial charge in [0.1, 0.15) is 0 Å². The van der Waals surface area contributed by atoms with Crippen molar-refractivity contribution >= 4 is 31.3 Å². The topological polar surface area (TPSA) is 0 Å². The largest absolute Gasteiger partial charge is 0.0843 e. The van der Waals surface area contributed by atoms with Crippen molar-refractivity contribution in [1.29, 1.82) is 0 Å². The van der Waals surface area contributed by atoms with Gasteiger partial charge in [-0.2, -0.15) is 0 Å². The highest BCUT2D eigenvalue weighted by molar-refractivity contribution is 6.80. The SMILES string of the molecule is C[Si](C)(CC1c2cc(Cl)ccc2-c2ccc(Cl)cc21)C1c2ccccc2-c2ccccc21. The monoisotopic (exact) mass is 470 g/mol. The van der Waals surface area contributed by atoms with Crippen molar-refractivity contribution in [3.8, 4) is 22.3 Å². The molecular formula is C29H24Cl2Si. The van der Waals surface area contributed by atoms with Gasteiger partial charge < -0.3 is 0 Å². The Balaban J connectivity index is 1.48. The molecule has 2 aliphatic carbocycles. The van der Waals surface area contributed by atoms with E-state index in [4.69, 9.17) is 23.2 Å². The van der Waals surface area contributed by atoms with Crippen LogP contribution in [-0.2, 0) is 0 Å². The Labute approximate surface area is 200 Å². The average molecular weight is 472 g/mol. The molecule has 0 nitrogen and oxygen atoms in total. The summed E-state index contributed by atoms with van der Waals surface area (Å²) < 4.78 is 0. The van der Waals surface area contributed by atoms with Crippen LogP contribution in [0.3, 0.4) is 0 Å². The van der Waals surface area contributed by atoms with Crippen LogP contribution in [0.1, 0.15) is 33.7 Å². The van der Waals surface area contributed by atoms with E-state index in [2.05, 4.69) is 85.9 Å². The first-order valence-electron chi connectivity index (χ1n) is 11.2. The Kier molecular flexibility index (Phi) is 4.66. The van der Waals surface area contributed by atoms with Crippen LogP contribution in [0.2, 0.25) is 29.2 Å². The first-order chi connectivity index (χ1) is 15.4. The van der Waals surface area contributed by atoms with Gasteiger partial charge in [0.25, 0.3) is 0 Å². The van der Waals surface area contributed by atoms with Crippen molar-refractivity contribution in [3.05, 3.63) is 117 Å². The van der Waals surface area contributed by atoms with Crippen molar-refractivity contribution in [1.82, 2.24) is 0 Å². The van der Waals surface area contributed by atoms with Crippen LogP contribution < -0.4 is 0 Å². The third kappa shape index (κ3) is 3.03. The molecule has 0 spiro atoms. The fourth-order valence-corrected chi connectivity index (χ4v) is 10.4. The van der Waals surface area contributed by atoms with E-state index in [0.29, 0.717) is 11.5 Å². The third-order valence-corrected chi connectivity index (χ3v) is 11.5. The molecule has 0 radical (unpaired) electrons. The minimum absolute atomic E-state index is 0.332. The average Bonchev–Trinajstić information content (AvgIpc) is 3.27. The fourth-order valence-electron chi connectivity index (χ4n) is 6.16. The maximum Gasteiger partial charge on any atom is 0.0613 e. The Bertz CT molecular complexity index is 1270. The second kappa shape index (κ2) is 7.35. The Morgan fingerprint density at radius 3 is 1.53 bits per heavy atom. The lowest BCUT2D eigenvalue weighted by molar-refractivity contribution is 0.903. The van der Waals surface area contributed by atoms with Crippen LogP contribution in [0.25, 0.3) is 22.3 Å². The van der Waals surface area contributed by atoms with Gasteiger partial charge in [0.15, 0.2) is 0 Å². The van der Waals surface area contributed by atoms with E-state index in [0.717, 1.165) is 16.1 Å². The molecule has 0 aliphatic heterocycles. The zero-order valence-electron chi connectivity index (χ0n) is 18.2. The summed E-state index contributed by atoms with van der Waals surface area (Å²) in [7, 11) is -1.80. The van der Waals surface area contributed by atoms with Crippen LogP contribution in [-0.4, -0.2) is 8.07 Å². The molecule has 3 heteroatoms. The number of hydrogen-bond donors (Lipinski definition) is 0. The lowest BCUT2D eigenvalue weighted by Crippen LogP contribution is -2.36. The molecule has 0 amide bonds. The smallest absolute Gasteiger partial charge is 0.0613 e. The summed E-state index contributed by atoms with van der Waals surface area (Å²) in [4.78, 5) is 0. The number of hydrogen-bond acceptors (Lipinski definition) is 0. The van der Waals surface area contributed by atoms with Crippen molar-refractivity contribution < 1.29 is 0 Å². The zero-order valence-corrected chi connectivity index (χ0v) is 20.7. The highest BCUT2D eigenvalue weighted by Gasteiger charge is 2.43. The van der Waals surface area contributed by atoms with Gasteiger partial charge in [0.2, 0.25) is 0 Å². The highest BCUT2D eigenvalue weighted by atomic mass is 35.5. The Morgan fingerprint density at radius 1 is 0.594 bits per heavy atom. The van der Waals surface area contributed by atoms with E-state index in [1.165, 1.54) is 44.5 Å². The standard InChI is InChI=1S/C29H24Cl2Si/c1-32(2,29-24-9-5-3-7-20(24)21-8-4-6-10-25(21)29)17-28-26-15-18(30)11-13-22(26)23-14-12-19(31)16-27(23)28/h3-16,28-29H,17H2,1-2H3. The highest BCUT2D eigenvalue weighted by Crippen LogP contribution is 2.55. The van der Waals surface area contributed by atoms with E-state index in [9.17, 15) is 0 Å². The molecule has 0 fully saturated rings. The Hall–Kier alpha value is -2.32. The van der Waals surface area contributed by atoms with Gasteiger partial charge in [-0.05, 0) is 74.8 Å². The molecule has 0 heterocycles. The number of rotatable bonds is 3. The van der Waals surface area contributed by atoms with Gasteiger partial charge in [-0.25, -0.2) is 0 Å². The van der Waals surface area contributed by atoms with Crippen LogP contribution in [0, 0.1) is 0 Å². The summed E-state index contributed by atoms with van der Waals surface area (Å²) in [5.41, 5.74) is 11.6. The van der Waals surface area contributed by atoms with Gasteiger partial charge in [-0.15, -0.1) is 0 Å². The zero-order chi connectivity index (χ0) is 22.0. The molecule has 2 aliphatic rings. The van der Waals surface area contributed by atoms with E-state index >= 15 is 0 Å². The van der Waals surface area contributed by atoms with Gasteiger partial charge in [0, 0.05) is 21.5 Å². The van der Waals surface area contributed by atoms with E-state index in [-0.39, 0.29) is 0 Å². The molecule has 0 unspecified atom stereocenters. The van der Waals surface area contributed by atoms with Gasteiger partial charge >= 0.3 is 0 Å². The van der Waals surface area contributed by atoms with Crippen molar-refractivity contribution in [2.45, 2.75) is 30.6 Å². The predicted octanol–water partition coefficient (Wildman–Crippen LogP) is 9.17. The number of benzene rings is 4. The first kappa shape index (κ1) is 20.3. The van der Waals surface area contributed by atoms with Crippen molar-refractivity contribution in [3.63, 3.8) is 0 Å². The molecule has 0 bridgehead atoms. The number of fused-ring (bicyclic) bond motifs is 6. The molecule has 0 saturated heterocycles. The summed E-state index contributed by atoms with van der Waals surface area (Å²) in [6, 6.07) is 31.9. The van der Waals surface area contributed by atoms with Crippen LogP contribution >= 0.6 is 23.2 Å². The second-order valence-electron chi connectivity index (χ2n) is 9.82. The normalized spacial score (nSPS) is 14.8. The van der Waals surface area contributed by atoms with E-state index < -0.39 is 8.07 Å². The molecule has 4 aromatic carbocycles. The summed E-state index contributed by atoms with van der Waals surface area (Å²) >= 11 is 13.0.